The number of anilines is 1. The van der Waals surface area contributed by atoms with Crippen LogP contribution in [-0.4, -0.2) is 35.4 Å². The van der Waals surface area contributed by atoms with Crippen molar-refractivity contribution < 1.29 is 19.2 Å². The number of pyridine rings is 1. The van der Waals surface area contributed by atoms with Gasteiger partial charge in [-0.05, 0) is 0 Å². The summed E-state index contributed by atoms with van der Waals surface area (Å²) in [6.07, 6.45) is 1.02. The Kier molecular flexibility index (Phi) is 3.84. The number of carbonyl (C=O) groups excluding carboxylic acids is 2. The van der Waals surface area contributed by atoms with Crippen LogP contribution in [0.4, 0.5) is 11.5 Å². The van der Waals surface area contributed by atoms with Crippen LogP contribution < -0.4 is 4.90 Å². The Morgan fingerprint density at radius 1 is 1.65 bits per heavy atom. The van der Waals surface area contributed by atoms with E-state index in [-0.39, 0.29) is 35.4 Å². The van der Waals surface area contributed by atoms with Crippen molar-refractivity contribution in [1.29, 1.82) is 0 Å². The van der Waals surface area contributed by atoms with Gasteiger partial charge in [-0.25, -0.2) is 4.98 Å². The molecule has 1 aliphatic rings. The molecule has 1 aromatic heterocycles. The van der Waals surface area contributed by atoms with Crippen molar-refractivity contribution in [3.63, 3.8) is 0 Å². The topological polar surface area (TPSA) is 103 Å². The van der Waals surface area contributed by atoms with E-state index in [9.17, 15) is 19.7 Å². The number of amides is 1. The van der Waals surface area contributed by atoms with Gasteiger partial charge >= 0.3 is 5.97 Å². The minimum Gasteiger partial charge on any atom is -0.469 e. The van der Waals surface area contributed by atoms with E-state index in [1.54, 1.807) is 0 Å². The standard InChI is InChI=1S/C11H10ClN3O5/c1-20-11(17)6-2-9(16)14(5-6)10-8(12)3-7(4-13-10)15(18)19/h3-4,6H,2,5H2,1H3. The van der Waals surface area contributed by atoms with Crippen LogP contribution in [0.15, 0.2) is 12.3 Å². The van der Waals surface area contributed by atoms with Crippen molar-refractivity contribution in [3.05, 3.63) is 27.4 Å². The average Bonchev–Trinajstić information content (AvgIpc) is 2.79. The molecule has 8 nitrogen and oxygen atoms in total. The number of rotatable bonds is 3. The van der Waals surface area contributed by atoms with Gasteiger partial charge in [0.05, 0.1) is 23.0 Å². The molecule has 106 valence electrons. The van der Waals surface area contributed by atoms with Gasteiger partial charge in [-0.15, -0.1) is 0 Å². The summed E-state index contributed by atoms with van der Waals surface area (Å²) in [5.41, 5.74) is -0.269. The predicted octanol–water partition coefficient (Wildman–Crippen LogP) is 1.17. The lowest BCUT2D eigenvalue weighted by Crippen LogP contribution is -2.27. The molecular formula is C11H10ClN3O5. The highest BCUT2D eigenvalue weighted by Gasteiger charge is 2.37. The molecular weight excluding hydrogens is 290 g/mol. The van der Waals surface area contributed by atoms with Gasteiger partial charge in [-0.1, -0.05) is 11.6 Å². The number of esters is 1. The second kappa shape index (κ2) is 5.41. The molecule has 0 spiro atoms. The summed E-state index contributed by atoms with van der Waals surface area (Å²) in [5, 5.41) is 10.6. The lowest BCUT2D eigenvalue weighted by Gasteiger charge is -2.16. The largest absolute Gasteiger partial charge is 0.469 e. The maximum atomic E-state index is 11.9. The molecule has 0 saturated carbocycles. The van der Waals surface area contributed by atoms with Crippen molar-refractivity contribution in [2.75, 3.05) is 18.6 Å². The first-order valence-corrected chi connectivity index (χ1v) is 6.00. The molecule has 0 bridgehead atoms. The first-order valence-electron chi connectivity index (χ1n) is 5.62. The van der Waals surface area contributed by atoms with Crippen LogP contribution in [-0.2, 0) is 14.3 Å². The van der Waals surface area contributed by atoms with Crippen molar-refractivity contribution in [1.82, 2.24) is 4.98 Å². The van der Waals surface area contributed by atoms with Crippen LogP contribution in [0.5, 0.6) is 0 Å². The molecule has 2 rings (SSSR count). The number of nitro groups is 1. The van der Waals surface area contributed by atoms with Crippen molar-refractivity contribution in [2.24, 2.45) is 5.92 Å². The normalized spacial score (nSPS) is 18.2. The van der Waals surface area contributed by atoms with Gasteiger partial charge in [0.25, 0.3) is 5.69 Å². The number of nitrogens with zero attached hydrogens (tertiary/aromatic N) is 3. The van der Waals surface area contributed by atoms with Crippen LogP contribution in [0.1, 0.15) is 6.42 Å². The first kappa shape index (κ1) is 14.2. The number of ether oxygens (including phenoxy) is 1. The minimum atomic E-state index is -0.633. The third kappa shape index (κ3) is 2.55. The lowest BCUT2D eigenvalue weighted by molar-refractivity contribution is -0.385. The highest BCUT2D eigenvalue weighted by molar-refractivity contribution is 6.33. The second-order valence-electron chi connectivity index (χ2n) is 4.18. The fourth-order valence-corrected chi connectivity index (χ4v) is 2.22. The number of halogens is 1. The van der Waals surface area contributed by atoms with Crippen LogP contribution in [0.25, 0.3) is 0 Å². The van der Waals surface area contributed by atoms with Gasteiger partial charge in [-0.2, -0.15) is 0 Å². The molecule has 2 heterocycles. The Balaban J connectivity index is 2.26. The number of aromatic nitrogens is 1. The summed E-state index contributed by atoms with van der Waals surface area (Å²) in [7, 11) is 1.24. The van der Waals surface area contributed by atoms with Gasteiger partial charge < -0.3 is 4.74 Å². The molecule has 1 unspecified atom stereocenters. The fourth-order valence-electron chi connectivity index (χ4n) is 1.96. The predicted molar refractivity (Wildman–Crippen MR) is 68.4 cm³/mol. The summed E-state index contributed by atoms with van der Waals surface area (Å²) in [5.74, 6) is -1.29. The maximum absolute atomic E-state index is 11.9. The van der Waals surface area contributed by atoms with Gasteiger partial charge in [0.1, 0.15) is 6.20 Å². The minimum absolute atomic E-state index is 0.00166. The number of methoxy groups -OCH3 is 1. The summed E-state index contributed by atoms with van der Waals surface area (Å²) in [4.78, 5) is 38.3. The number of hydrogen-bond donors (Lipinski definition) is 0. The molecule has 9 heteroatoms. The highest BCUT2D eigenvalue weighted by Crippen LogP contribution is 2.31. The maximum Gasteiger partial charge on any atom is 0.311 e. The summed E-state index contributed by atoms with van der Waals surface area (Å²) in [6.45, 7) is 0.0933. The van der Waals surface area contributed by atoms with Crippen molar-refractivity contribution >= 4 is 35.0 Å². The van der Waals surface area contributed by atoms with E-state index in [4.69, 9.17) is 11.6 Å². The molecule has 0 radical (unpaired) electrons. The van der Waals surface area contributed by atoms with E-state index >= 15 is 0 Å². The zero-order valence-electron chi connectivity index (χ0n) is 10.4. The van der Waals surface area contributed by atoms with Gasteiger partial charge in [0.2, 0.25) is 5.91 Å². The average molecular weight is 300 g/mol. The fraction of sp³-hybridized carbons (Fsp3) is 0.364. The van der Waals surface area contributed by atoms with E-state index in [1.165, 1.54) is 12.0 Å². The van der Waals surface area contributed by atoms with Gasteiger partial charge in [-0.3, -0.25) is 24.6 Å². The molecule has 1 aromatic rings. The van der Waals surface area contributed by atoms with Crippen LogP contribution >= 0.6 is 11.6 Å². The van der Waals surface area contributed by atoms with Crippen molar-refractivity contribution in [2.45, 2.75) is 6.42 Å². The molecule has 20 heavy (non-hydrogen) atoms. The van der Waals surface area contributed by atoms with E-state index in [0.29, 0.717) is 0 Å². The lowest BCUT2D eigenvalue weighted by atomic mass is 10.1. The first-order chi connectivity index (χ1) is 9.43. The molecule has 0 aromatic carbocycles. The summed E-state index contributed by atoms with van der Waals surface area (Å²) in [6, 6.07) is 1.11. The van der Waals surface area contributed by atoms with Crippen LogP contribution in [0.2, 0.25) is 5.02 Å². The third-order valence-corrected chi connectivity index (χ3v) is 3.21. The SMILES string of the molecule is COC(=O)C1CC(=O)N(c2ncc([N+](=O)[O-])cc2Cl)C1. The zero-order valence-corrected chi connectivity index (χ0v) is 11.2. The number of carbonyl (C=O) groups is 2. The molecule has 1 saturated heterocycles. The van der Waals surface area contributed by atoms with E-state index in [2.05, 4.69) is 9.72 Å². The van der Waals surface area contributed by atoms with Crippen LogP contribution in [0, 0.1) is 16.0 Å². The number of hydrogen-bond acceptors (Lipinski definition) is 6. The van der Waals surface area contributed by atoms with E-state index < -0.39 is 16.8 Å². The van der Waals surface area contributed by atoms with Gasteiger partial charge in [0.15, 0.2) is 5.82 Å². The third-order valence-electron chi connectivity index (χ3n) is 2.93. The second-order valence-corrected chi connectivity index (χ2v) is 4.59. The highest BCUT2D eigenvalue weighted by atomic mass is 35.5. The Morgan fingerprint density at radius 2 is 2.35 bits per heavy atom. The molecule has 0 N–H and O–H groups in total. The zero-order chi connectivity index (χ0) is 14.9. The molecule has 0 aliphatic carbocycles. The Labute approximate surface area is 118 Å². The summed E-state index contributed by atoms with van der Waals surface area (Å²) < 4.78 is 4.59. The molecule has 1 fully saturated rings. The summed E-state index contributed by atoms with van der Waals surface area (Å²) >= 11 is 5.90. The van der Waals surface area contributed by atoms with Crippen LogP contribution in [0.3, 0.4) is 0 Å². The molecule has 1 aliphatic heterocycles. The Hall–Kier alpha value is -2.22. The Morgan fingerprint density at radius 3 is 2.90 bits per heavy atom. The quantitative estimate of drug-likeness (QED) is 0.471. The Bertz CT molecular complexity index is 591. The van der Waals surface area contributed by atoms with E-state index in [0.717, 1.165) is 12.3 Å². The van der Waals surface area contributed by atoms with Crippen molar-refractivity contribution in [3.8, 4) is 0 Å². The van der Waals surface area contributed by atoms with Gasteiger partial charge in [0, 0.05) is 19.0 Å². The smallest absolute Gasteiger partial charge is 0.311 e. The molecule has 1 amide bonds. The molecule has 1 atom stereocenters. The monoisotopic (exact) mass is 299 g/mol. The van der Waals surface area contributed by atoms with E-state index in [1.807, 2.05) is 0 Å².